The topological polar surface area (TPSA) is 46.3 Å². The lowest BCUT2D eigenvalue weighted by molar-refractivity contribution is -0.132. The molecule has 192 valence electrons. The van der Waals surface area contributed by atoms with Crippen molar-refractivity contribution >= 4 is 16.9 Å². The molecule has 0 N–H and O–H groups in total. The van der Waals surface area contributed by atoms with Crippen LogP contribution < -0.4 is 0 Å². The van der Waals surface area contributed by atoms with Gasteiger partial charge in [-0.25, -0.2) is 4.39 Å². The number of halogens is 1. The van der Waals surface area contributed by atoms with Crippen molar-refractivity contribution in [2.45, 2.75) is 103 Å². The highest BCUT2D eigenvalue weighted by Gasteiger charge is 2.27. The summed E-state index contributed by atoms with van der Waals surface area (Å²) in [6.45, 7) is 3.77. The Bertz CT molecular complexity index is 941. The summed E-state index contributed by atoms with van der Waals surface area (Å²) in [5.41, 5.74) is 1.40. The molecule has 1 fully saturated rings. The molecule has 2 aromatic rings. The summed E-state index contributed by atoms with van der Waals surface area (Å²) in [5, 5.41) is 5.09. The molecule has 1 aromatic carbocycles. The first-order chi connectivity index (χ1) is 17.2. The number of aromatic nitrogens is 1. The van der Waals surface area contributed by atoms with Gasteiger partial charge >= 0.3 is 0 Å². The standard InChI is InChI=1S/C30H43FN2O2/c1-2-3-4-5-6-7-8-9-10-11-12-13-14-15-16-17-29(34)33-22-20-25(21-23-33)30-27-19-18-26(31)24-28(27)35-32-30/h6-7,9-10,18-19,24-25H,2-5,8,11-17,20-23H2,1H3/b7-6?,10-9-. The van der Waals surface area contributed by atoms with Gasteiger partial charge in [-0.1, -0.05) is 68.5 Å². The number of hydrogen-bond acceptors (Lipinski definition) is 3. The number of hydrogen-bond donors (Lipinski definition) is 0. The van der Waals surface area contributed by atoms with E-state index in [1.54, 1.807) is 6.07 Å². The Balaban J connectivity index is 1.20. The maximum Gasteiger partial charge on any atom is 0.222 e. The van der Waals surface area contributed by atoms with Crippen LogP contribution in [-0.2, 0) is 4.79 Å². The maximum atomic E-state index is 13.4. The van der Waals surface area contributed by atoms with Crippen molar-refractivity contribution in [3.63, 3.8) is 0 Å². The van der Waals surface area contributed by atoms with Crippen molar-refractivity contribution in [1.82, 2.24) is 10.1 Å². The summed E-state index contributed by atoms with van der Waals surface area (Å²) in [6.07, 6.45) is 24.8. The fourth-order valence-corrected chi connectivity index (χ4v) is 4.87. The van der Waals surface area contributed by atoms with Crippen molar-refractivity contribution in [2.24, 2.45) is 0 Å². The zero-order valence-corrected chi connectivity index (χ0v) is 21.5. The first-order valence-corrected chi connectivity index (χ1v) is 13.8. The summed E-state index contributed by atoms with van der Waals surface area (Å²) < 4.78 is 18.7. The Labute approximate surface area is 210 Å². The first-order valence-electron chi connectivity index (χ1n) is 13.8. The van der Waals surface area contributed by atoms with E-state index >= 15 is 0 Å². The minimum absolute atomic E-state index is 0.265. The molecular weight excluding hydrogens is 439 g/mol. The number of rotatable bonds is 15. The van der Waals surface area contributed by atoms with Crippen LogP contribution in [0.3, 0.4) is 0 Å². The number of piperidine rings is 1. The van der Waals surface area contributed by atoms with E-state index in [-0.39, 0.29) is 17.6 Å². The van der Waals surface area contributed by atoms with Gasteiger partial charge in [-0.05, 0) is 63.5 Å². The quantitative estimate of drug-likeness (QED) is 0.189. The van der Waals surface area contributed by atoms with E-state index < -0.39 is 0 Å². The molecular formula is C30H43FN2O2. The van der Waals surface area contributed by atoms with Crippen molar-refractivity contribution in [2.75, 3.05) is 13.1 Å². The van der Waals surface area contributed by atoms with Crippen LogP contribution in [0.4, 0.5) is 4.39 Å². The normalized spacial score (nSPS) is 15.2. The predicted octanol–water partition coefficient (Wildman–Crippen LogP) is 8.49. The van der Waals surface area contributed by atoms with Gasteiger partial charge < -0.3 is 9.42 Å². The number of fused-ring (bicyclic) bond motifs is 1. The van der Waals surface area contributed by atoms with Crippen LogP contribution in [0.2, 0.25) is 0 Å². The molecule has 0 bridgehead atoms. The molecule has 0 atom stereocenters. The van der Waals surface area contributed by atoms with Gasteiger partial charge in [0.1, 0.15) is 5.82 Å². The maximum absolute atomic E-state index is 13.4. The van der Waals surface area contributed by atoms with Gasteiger partial charge in [-0.15, -0.1) is 0 Å². The Hall–Kier alpha value is -2.43. The number of nitrogens with zero attached hydrogens (tertiary/aromatic N) is 2. The fourth-order valence-electron chi connectivity index (χ4n) is 4.87. The molecule has 1 aliphatic rings. The second kappa shape index (κ2) is 15.5. The fraction of sp³-hybridized carbons (Fsp3) is 0.600. The molecule has 0 unspecified atom stereocenters. The highest BCUT2D eigenvalue weighted by atomic mass is 19.1. The van der Waals surface area contributed by atoms with Gasteiger partial charge in [-0.3, -0.25) is 4.79 Å². The van der Waals surface area contributed by atoms with Gasteiger partial charge in [0.05, 0.1) is 5.69 Å². The lowest BCUT2D eigenvalue weighted by Gasteiger charge is -2.31. The smallest absolute Gasteiger partial charge is 0.222 e. The molecule has 5 heteroatoms. The highest BCUT2D eigenvalue weighted by Crippen LogP contribution is 2.33. The average molecular weight is 483 g/mol. The Kier molecular flexibility index (Phi) is 12.1. The minimum atomic E-state index is -0.311. The number of carbonyl (C=O) groups excluding carboxylic acids is 1. The molecule has 0 radical (unpaired) electrons. The molecule has 3 rings (SSSR count). The second-order valence-electron chi connectivity index (χ2n) is 9.84. The molecule has 2 heterocycles. The van der Waals surface area contributed by atoms with Crippen LogP contribution in [0.15, 0.2) is 47.0 Å². The molecule has 4 nitrogen and oxygen atoms in total. The molecule has 1 amide bonds. The van der Waals surface area contributed by atoms with E-state index in [2.05, 4.69) is 36.4 Å². The predicted molar refractivity (Wildman–Crippen MR) is 142 cm³/mol. The number of allylic oxidation sites excluding steroid dienone is 4. The average Bonchev–Trinajstić information content (AvgIpc) is 3.29. The molecule has 1 aromatic heterocycles. The molecule has 0 aliphatic carbocycles. The summed E-state index contributed by atoms with van der Waals surface area (Å²) in [7, 11) is 0. The third kappa shape index (κ3) is 9.27. The van der Waals surface area contributed by atoms with Gasteiger partial charge in [0, 0.05) is 36.9 Å². The van der Waals surface area contributed by atoms with Crippen LogP contribution in [0.1, 0.15) is 108 Å². The van der Waals surface area contributed by atoms with Gasteiger partial charge in [0.2, 0.25) is 5.91 Å². The molecule has 0 spiro atoms. The minimum Gasteiger partial charge on any atom is -0.356 e. The SMILES string of the molecule is CCCCCC=CC/C=C\CCCCCCCC(=O)N1CCC(c2noc3cc(F)ccc23)CC1. The number of likely N-dealkylation sites (tertiary alicyclic amines) is 1. The van der Waals surface area contributed by atoms with E-state index in [0.29, 0.717) is 12.0 Å². The molecule has 1 aliphatic heterocycles. The Morgan fingerprint density at radius 1 is 1.00 bits per heavy atom. The number of carbonyl (C=O) groups is 1. The van der Waals surface area contributed by atoms with Crippen LogP contribution in [-0.4, -0.2) is 29.1 Å². The second-order valence-corrected chi connectivity index (χ2v) is 9.84. The van der Waals surface area contributed by atoms with E-state index in [1.807, 2.05) is 4.90 Å². The monoisotopic (exact) mass is 482 g/mol. The van der Waals surface area contributed by atoms with Crippen molar-refractivity contribution < 1.29 is 13.7 Å². The molecule has 35 heavy (non-hydrogen) atoms. The van der Waals surface area contributed by atoms with Gasteiger partial charge in [0.25, 0.3) is 0 Å². The molecule has 1 saturated heterocycles. The lowest BCUT2D eigenvalue weighted by Crippen LogP contribution is -2.37. The first kappa shape index (κ1) is 27.2. The van der Waals surface area contributed by atoms with Crippen molar-refractivity contribution in [3.05, 3.63) is 54.0 Å². The van der Waals surface area contributed by atoms with Gasteiger partial charge in [0.15, 0.2) is 5.58 Å². The van der Waals surface area contributed by atoms with E-state index in [4.69, 9.17) is 4.52 Å². The van der Waals surface area contributed by atoms with E-state index in [0.717, 1.165) is 62.7 Å². The van der Waals surface area contributed by atoms with Crippen LogP contribution >= 0.6 is 0 Å². The van der Waals surface area contributed by atoms with Crippen molar-refractivity contribution in [3.8, 4) is 0 Å². The largest absolute Gasteiger partial charge is 0.356 e. The zero-order chi connectivity index (χ0) is 24.7. The summed E-state index contributed by atoms with van der Waals surface area (Å²) in [5.74, 6) is 0.233. The number of unbranched alkanes of at least 4 members (excludes halogenated alkanes) is 8. The Morgan fingerprint density at radius 2 is 1.69 bits per heavy atom. The Morgan fingerprint density at radius 3 is 2.43 bits per heavy atom. The third-order valence-corrected chi connectivity index (χ3v) is 7.04. The van der Waals surface area contributed by atoms with Gasteiger partial charge in [-0.2, -0.15) is 0 Å². The lowest BCUT2D eigenvalue weighted by atomic mass is 9.91. The summed E-state index contributed by atoms with van der Waals surface area (Å²) in [4.78, 5) is 14.6. The molecule has 0 saturated carbocycles. The third-order valence-electron chi connectivity index (χ3n) is 7.04. The summed E-state index contributed by atoms with van der Waals surface area (Å²) in [6, 6.07) is 4.58. The van der Waals surface area contributed by atoms with E-state index in [1.165, 1.54) is 57.1 Å². The van der Waals surface area contributed by atoms with Crippen LogP contribution in [0.5, 0.6) is 0 Å². The van der Waals surface area contributed by atoms with Crippen LogP contribution in [0, 0.1) is 5.82 Å². The zero-order valence-electron chi connectivity index (χ0n) is 21.5. The number of amides is 1. The summed E-state index contributed by atoms with van der Waals surface area (Å²) >= 11 is 0. The van der Waals surface area contributed by atoms with Crippen LogP contribution in [0.25, 0.3) is 11.0 Å². The highest BCUT2D eigenvalue weighted by molar-refractivity contribution is 5.80. The van der Waals surface area contributed by atoms with E-state index in [9.17, 15) is 9.18 Å². The van der Waals surface area contributed by atoms with Crippen molar-refractivity contribution in [1.29, 1.82) is 0 Å². The number of benzene rings is 1.